The number of fused-ring (bicyclic) bond motifs is 7. The van der Waals surface area contributed by atoms with Gasteiger partial charge < -0.3 is 0 Å². The number of imidazole rings is 1. The molecule has 1 aliphatic rings. The van der Waals surface area contributed by atoms with Crippen molar-refractivity contribution in [2.45, 2.75) is 19.8 Å². The predicted molar refractivity (Wildman–Crippen MR) is 103 cm³/mol. The topological polar surface area (TPSA) is 60.9 Å². The Balaban J connectivity index is 1.73. The van der Waals surface area contributed by atoms with Crippen LogP contribution < -0.4 is 0 Å². The first kappa shape index (κ1) is 14.6. The van der Waals surface area contributed by atoms with Gasteiger partial charge in [0.2, 0.25) is 5.78 Å². The molecule has 1 aliphatic carbocycles. The Hall–Kier alpha value is -3.54. The summed E-state index contributed by atoms with van der Waals surface area (Å²) in [5, 5.41) is 4.83. The zero-order valence-corrected chi connectivity index (χ0v) is 14.8. The van der Waals surface area contributed by atoms with E-state index in [0.29, 0.717) is 0 Å². The summed E-state index contributed by atoms with van der Waals surface area (Å²) in [5.41, 5.74) is 7.81. The van der Waals surface area contributed by atoms with E-state index < -0.39 is 0 Å². The van der Waals surface area contributed by atoms with Crippen molar-refractivity contribution in [1.82, 2.24) is 29.1 Å². The van der Waals surface area contributed by atoms with Crippen molar-refractivity contribution in [3.05, 3.63) is 71.8 Å². The van der Waals surface area contributed by atoms with E-state index in [4.69, 9.17) is 10.1 Å². The molecule has 0 aliphatic heterocycles. The summed E-state index contributed by atoms with van der Waals surface area (Å²) in [7, 11) is 0. The van der Waals surface area contributed by atoms with Crippen LogP contribution in [0.2, 0.25) is 0 Å². The standard InChI is InChI=1S/C21H16N6/c1-13-19-17(27(25-13)18-8-4-5-11-22-18)10-9-14-12-23-21-24-15-6-2-3-7-16(15)26(21)20(14)19/h2-8,11-12H,9-10H2,1H3. The summed E-state index contributed by atoms with van der Waals surface area (Å²) in [5.74, 6) is 1.58. The smallest absolute Gasteiger partial charge is 0.235 e. The molecule has 27 heavy (non-hydrogen) atoms. The molecule has 0 N–H and O–H groups in total. The number of aryl methyl sites for hydroxylation is 2. The van der Waals surface area contributed by atoms with E-state index in [-0.39, 0.29) is 0 Å². The second-order valence-corrected chi connectivity index (χ2v) is 6.87. The van der Waals surface area contributed by atoms with Gasteiger partial charge in [0.25, 0.3) is 0 Å². The van der Waals surface area contributed by atoms with Crippen LogP contribution in [-0.4, -0.2) is 29.1 Å². The molecule has 6 rings (SSSR count). The van der Waals surface area contributed by atoms with Crippen molar-refractivity contribution in [2.75, 3.05) is 0 Å². The van der Waals surface area contributed by atoms with Gasteiger partial charge >= 0.3 is 0 Å². The van der Waals surface area contributed by atoms with E-state index in [1.165, 1.54) is 16.8 Å². The van der Waals surface area contributed by atoms with Gasteiger partial charge in [-0.25, -0.2) is 19.6 Å². The molecule has 0 saturated carbocycles. The number of hydrogen-bond donors (Lipinski definition) is 0. The molecule has 0 unspecified atom stereocenters. The Bertz CT molecular complexity index is 1330. The van der Waals surface area contributed by atoms with Crippen molar-refractivity contribution in [1.29, 1.82) is 0 Å². The summed E-state index contributed by atoms with van der Waals surface area (Å²) in [6.45, 7) is 2.07. The van der Waals surface area contributed by atoms with Gasteiger partial charge in [-0.1, -0.05) is 18.2 Å². The molecule has 130 valence electrons. The van der Waals surface area contributed by atoms with Crippen LogP contribution >= 0.6 is 0 Å². The zero-order chi connectivity index (χ0) is 18.0. The van der Waals surface area contributed by atoms with Crippen LogP contribution in [0.4, 0.5) is 0 Å². The number of nitrogens with zero attached hydrogens (tertiary/aromatic N) is 6. The van der Waals surface area contributed by atoms with Crippen LogP contribution in [0, 0.1) is 6.92 Å². The van der Waals surface area contributed by atoms with Gasteiger partial charge in [0.1, 0.15) is 0 Å². The van der Waals surface area contributed by atoms with Crippen molar-refractivity contribution in [3.63, 3.8) is 0 Å². The average molecular weight is 352 g/mol. The molecular formula is C21H16N6. The first-order chi connectivity index (χ1) is 13.3. The Morgan fingerprint density at radius 1 is 0.963 bits per heavy atom. The number of aromatic nitrogens is 6. The molecule has 0 bridgehead atoms. The van der Waals surface area contributed by atoms with Crippen LogP contribution in [0.5, 0.6) is 0 Å². The lowest BCUT2D eigenvalue weighted by atomic mass is 9.93. The first-order valence-electron chi connectivity index (χ1n) is 9.06. The van der Waals surface area contributed by atoms with Crippen LogP contribution in [0.3, 0.4) is 0 Å². The van der Waals surface area contributed by atoms with Crippen LogP contribution in [-0.2, 0) is 12.8 Å². The number of benzene rings is 1. The average Bonchev–Trinajstić information content (AvgIpc) is 3.26. The van der Waals surface area contributed by atoms with E-state index in [9.17, 15) is 0 Å². The fourth-order valence-electron chi connectivity index (χ4n) is 4.15. The maximum absolute atomic E-state index is 4.83. The van der Waals surface area contributed by atoms with E-state index in [1.54, 1.807) is 6.20 Å². The highest BCUT2D eigenvalue weighted by molar-refractivity contribution is 5.84. The lowest BCUT2D eigenvalue weighted by Gasteiger charge is -2.19. The third-order valence-electron chi connectivity index (χ3n) is 5.30. The molecule has 4 aromatic heterocycles. The van der Waals surface area contributed by atoms with E-state index in [2.05, 4.69) is 27.4 Å². The summed E-state index contributed by atoms with van der Waals surface area (Å²) < 4.78 is 4.17. The highest BCUT2D eigenvalue weighted by Gasteiger charge is 2.28. The van der Waals surface area contributed by atoms with E-state index >= 15 is 0 Å². The number of pyridine rings is 1. The fourth-order valence-corrected chi connectivity index (χ4v) is 4.15. The lowest BCUT2D eigenvalue weighted by Crippen LogP contribution is -2.12. The Labute approximate surface area is 155 Å². The zero-order valence-electron chi connectivity index (χ0n) is 14.8. The summed E-state index contributed by atoms with van der Waals surface area (Å²) in [6, 6.07) is 14.1. The lowest BCUT2D eigenvalue weighted by molar-refractivity contribution is 0.754. The predicted octanol–water partition coefficient (Wildman–Crippen LogP) is 3.54. The third kappa shape index (κ3) is 1.95. The van der Waals surface area contributed by atoms with Crippen molar-refractivity contribution in [3.8, 4) is 17.1 Å². The molecular weight excluding hydrogens is 336 g/mol. The quantitative estimate of drug-likeness (QED) is 0.463. The molecule has 0 amide bonds. The maximum Gasteiger partial charge on any atom is 0.235 e. The van der Waals surface area contributed by atoms with Gasteiger partial charge in [0.05, 0.1) is 28.1 Å². The molecule has 5 aromatic rings. The van der Waals surface area contributed by atoms with Crippen LogP contribution in [0.15, 0.2) is 54.9 Å². The second kappa shape index (κ2) is 5.23. The molecule has 0 saturated heterocycles. The highest BCUT2D eigenvalue weighted by Crippen LogP contribution is 2.38. The Morgan fingerprint density at radius 2 is 1.85 bits per heavy atom. The minimum atomic E-state index is 0.729. The molecule has 0 atom stereocenters. The molecule has 0 spiro atoms. The number of para-hydroxylation sites is 2. The summed E-state index contributed by atoms with van der Waals surface area (Å²) in [4.78, 5) is 13.8. The van der Waals surface area contributed by atoms with E-state index in [0.717, 1.165) is 46.9 Å². The van der Waals surface area contributed by atoms with Gasteiger partial charge in [0.15, 0.2) is 5.82 Å². The van der Waals surface area contributed by atoms with Gasteiger partial charge in [-0.2, -0.15) is 5.10 Å². The van der Waals surface area contributed by atoms with Crippen molar-refractivity contribution < 1.29 is 0 Å². The first-order valence-corrected chi connectivity index (χ1v) is 9.06. The number of rotatable bonds is 1. The van der Waals surface area contributed by atoms with Gasteiger partial charge in [0, 0.05) is 18.0 Å². The normalized spacial score (nSPS) is 13.1. The highest BCUT2D eigenvalue weighted by atomic mass is 15.3. The third-order valence-corrected chi connectivity index (χ3v) is 5.30. The van der Waals surface area contributed by atoms with Crippen LogP contribution in [0.25, 0.3) is 33.9 Å². The number of hydrogen-bond acceptors (Lipinski definition) is 4. The van der Waals surface area contributed by atoms with Gasteiger partial charge in [-0.05, 0) is 49.6 Å². The van der Waals surface area contributed by atoms with Crippen molar-refractivity contribution >= 4 is 16.8 Å². The maximum atomic E-state index is 4.83. The van der Waals surface area contributed by atoms with Gasteiger partial charge in [-0.15, -0.1) is 0 Å². The molecule has 1 aromatic carbocycles. The molecule has 4 heterocycles. The Kier molecular flexibility index (Phi) is 2.83. The van der Waals surface area contributed by atoms with E-state index in [1.807, 2.05) is 47.3 Å². The van der Waals surface area contributed by atoms with Gasteiger partial charge in [-0.3, -0.25) is 4.40 Å². The van der Waals surface area contributed by atoms with Crippen molar-refractivity contribution in [2.24, 2.45) is 0 Å². The summed E-state index contributed by atoms with van der Waals surface area (Å²) in [6.07, 6.45) is 5.62. The minimum Gasteiger partial charge on any atom is -0.276 e. The Morgan fingerprint density at radius 3 is 2.74 bits per heavy atom. The molecule has 6 nitrogen and oxygen atoms in total. The summed E-state index contributed by atoms with van der Waals surface area (Å²) >= 11 is 0. The fraction of sp³-hybridized carbons (Fsp3) is 0.143. The minimum absolute atomic E-state index is 0.729. The van der Waals surface area contributed by atoms with Crippen LogP contribution in [0.1, 0.15) is 17.0 Å². The molecule has 0 fully saturated rings. The molecule has 0 radical (unpaired) electrons. The monoisotopic (exact) mass is 352 g/mol. The second-order valence-electron chi connectivity index (χ2n) is 6.87. The molecule has 6 heteroatoms. The largest absolute Gasteiger partial charge is 0.276 e. The SMILES string of the molecule is Cc1nn(-c2ccccn2)c2c1-c1c(cnc3nc4ccccc4n13)CC2.